The normalized spacial score (nSPS) is 12.5. The van der Waals surface area contributed by atoms with Crippen molar-refractivity contribution in [3.8, 4) is 0 Å². The van der Waals surface area contributed by atoms with Gasteiger partial charge in [-0.2, -0.15) is 0 Å². The third kappa shape index (κ3) is 7.10. The van der Waals surface area contributed by atoms with Crippen LogP contribution in [0.15, 0.2) is 12.7 Å². The summed E-state index contributed by atoms with van der Waals surface area (Å²) in [5.41, 5.74) is 0. The molecule has 0 rings (SSSR count). The Balaban J connectivity index is 3.28. The highest BCUT2D eigenvalue weighted by molar-refractivity contribution is 5.66. The molecule has 2 heteroatoms. The molecule has 1 N–H and O–H groups in total. The number of aliphatic carboxylic acids is 1. The first-order chi connectivity index (χ1) is 5.16. The van der Waals surface area contributed by atoms with Gasteiger partial charge >= 0.3 is 5.97 Å². The molecule has 0 amide bonds. The maximum absolute atomic E-state index is 10.2. The lowest BCUT2D eigenvalue weighted by Gasteiger charge is -2.06. The quantitative estimate of drug-likeness (QED) is 0.600. The number of carboxylic acid groups (broad SMARTS) is 1. The zero-order chi connectivity index (χ0) is 8.69. The van der Waals surface area contributed by atoms with Crippen molar-refractivity contribution < 1.29 is 9.90 Å². The van der Waals surface area contributed by atoms with Gasteiger partial charge in [0.15, 0.2) is 0 Å². The Labute approximate surface area is 67.9 Å². The monoisotopic (exact) mass is 156 g/mol. The molecule has 11 heavy (non-hydrogen) atoms. The van der Waals surface area contributed by atoms with Gasteiger partial charge in [0.1, 0.15) is 0 Å². The second kappa shape index (κ2) is 5.96. The molecule has 0 unspecified atom stereocenters. The number of carbonyl (C=O) groups is 1. The standard InChI is InChI=1S/C9H16O2/c1-3-4-5-8(2)6-7-9(10)11/h3,8H,1,4-7H2,2H3,(H,10,11)/t8-/m0/s1. The van der Waals surface area contributed by atoms with Gasteiger partial charge in [0, 0.05) is 6.42 Å². The van der Waals surface area contributed by atoms with Crippen molar-refractivity contribution in [2.24, 2.45) is 5.92 Å². The summed E-state index contributed by atoms with van der Waals surface area (Å²) in [6, 6.07) is 0. The fourth-order valence-electron chi connectivity index (χ4n) is 0.917. The van der Waals surface area contributed by atoms with E-state index in [0.717, 1.165) is 19.3 Å². The minimum atomic E-state index is -0.699. The molecular formula is C9H16O2. The van der Waals surface area contributed by atoms with E-state index in [-0.39, 0.29) is 6.42 Å². The lowest BCUT2D eigenvalue weighted by Crippen LogP contribution is -2.00. The molecule has 64 valence electrons. The van der Waals surface area contributed by atoms with Gasteiger partial charge in [-0.3, -0.25) is 4.79 Å². The van der Waals surface area contributed by atoms with Crippen molar-refractivity contribution in [2.45, 2.75) is 32.6 Å². The molecular weight excluding hydrogens is 140 g/mol. The molecule has 0 aliphatic carbocycles. The fourth-order valence-corrected chi connectivity index (χ4v) is 0.917. The highest BCUT2D eigenvalue weighted by Gasteiger charge is 2.03. The van der Waals surface area contributed by atoms with Gasteiger partial charge in [0.2, 0.25) is 0 Å². The summed E-state index contributed by atoms with van der Waals surface area (Å²) in [5, 5.41) is 8.37. The molecule has 0 aromatic heterocycles. The first kappa shape index (κ1) is 10.2. The van der Waals surface area contributed by atoms with Crippen molar-refractivity contribution in [2.75, 3.05) is 0 Å². The van der Waals surface area contributed by atoms with Crippen molar-refractivity contribution in [1.82, 2.24) is 0 Å². The van der Waals surface area contributed by atoms with Gasteiger partial charge in [-0.1, -0.05) is 13.0 Å². The predicted octanol–water partition coefficient (Wildman–Crippen LogP) is 2.45. The topological polar surface area (TPSA) is 37.3 Å². The Kier molecular flexibility index (Phi) is 5.53. The number of allylic oxidation sites excluding steroid dienone is 1. The van der Waals surface area contributed by atoms with E-state index in [2.05, 4.69) is 13.5 Å². The molecule has 0 aromatic rings. The van der Waals surface area contributed by atoms with E-state index in [0.29, 0.717) is 5.92 Å². The van der Waals surface area contributed by atoms with Gasteiger partial charge in [-0.25, -0.2) is 0 Å². The highest BCUT2D eigenvalue weighted by Crippen LogP contribution is 2.12. The fraction of sp³-hybridized carbons (Fsp3) is 0.667. The van der Waals surface area contributed by atoms with Crippen LogP contribution in [0.2, 0.25) is 0 Å². The van der Waals surface area contributed by atoms with Crippen molar-refractivity contribution in [3.63, 3.8) is 0 Å². The van der Waals surface area contributed by atoms with Gasteiger partial charge in [0.05, 0.1) is 0 Å². The van der Waals surface area contributed by atoms with Gasteiger partial charge in [-0.05, 0) is 25.2 Å². The number of hydrogen-bond donors (Lipinski definition) is 1. The van der Waals surface area contributed by atoms with E-state index in [9.17, 15) is 4.79 Å². The Bertz CT molecular complexity index is 130. The van der Waals surface area contributed by atoms with Crippen LogP contribution < -0.4 is 0 Å². The largest absolute Gasteiger partial charge is 0.481 e. The summed E-state index contributed by atoms with van der Waals surface area (Å²) < 4.78 is 0. The Morgan fingerprint density at radius 1 is 1.64 bits per heavy atom. The maximum atomic E-state index is 10.2. The minimum Gasteiger partial charge on any atom is -0.481 e. The molecule has 0 radical (unpaired) electrons. The first-order valence-corrected chi connectivity index (χ1v) is 3.99. The van der Waals surface area contributed by atoms with Crippen LogP contribution in [-0.2, 0) is 4.79 Å². The molecule has 0 heterocycles. The Morgan fingerprint density at radius 3 is 2.73 bits per heavy atom. The van der Waals surface area contributed by atoms with Crippen LogP contribution in [0.3, 0.4) is 0 Å². The Morgan fingerprint density at radius 2 is 2.27 bits per heavy atom. The van der Waals surface area contributed by atoms with Crippen LogP contribution in [0, 0.1) is 5.92 Å². The van der Waals surface area contributed by atoms with Gasteiger partial charge < -0.3 is 5.11 Å². The molecule has 0 aliphatic heterocycles. The van der Waals surface area contributed by atoms with Crippen molar-refractivity contribution in [3.05, 3.63) is 12.7 Å². The smallest absolute Gasteiger partial charge is 0.303 e. The van der Waals surface area contributed by atoms with E-state index < -0.39 is 5.97 Å². The second-order valence-electron chi connectivity index (χ2n) is 2.90. The molecule has 0 spiro atoms. The third-order valence-electron chi connectivity index (χ3n) is 1.71. The number of hydrogen-bond acceptors (Lipinski definition) is 1. The third-order valence-corrected chi connectivity index (χ3v) is 1.71. The molecule has 0 fully saturated rings. The van der Waals surface area contributed by atoms with E-state index in [1.165, 1.54) is 0 Å². The average Bonchev–Trinajstić information content (AvgIpc) is 1.97. The minimum absolute atomic E-state index is 0.290. The average molecular weight is 156 g/mol. The molecule has 2 nitrogen and oxygen atoms in total. The SMILES string of the molecule is C=CCC[C@H](C)CCC(=O)O. The summed E-state index contributed by atoms with van der Waals surface area (Å²) in [7, 11) is 0. The molecule has 0 aliphatic rings. The number of rotatable bonds is 6. The first-order valence-electron chi connectivity index (χ1n) is 3.99. The molecule has 0 aromatic carbocycles. The summed E-state index contributed by atoms with van der Waals surface area (Å²) in [6.07, 6.45) is 4.98. The predicted molar refractivity (Wildman–Crippen MR) is 45.5 cm³/mol. The summed E-state index contributed by atoms with van der Waals surface area (Å²) in [6.45, 7) is 5.69. The van der Waals surface area contributed by atoms with Crippen LogP contribution in [-0.4, -0.2) is 11.1 Å². The summed E-state index contributed by atoms with van der Waals surface area (Å²) in [4.78, 5) is 10.2. The van der Waals surface area contributed by atoms with E-state index in [1.807, 2.05) is 6.08 Å². The lowest BCUT2D eigenvalue weighted by atomic mass is 10.00. The van der Waals surface area contributed by atoms with Crippen molar-refractivity contribution >= 4 is 5.97 Å². The molecule has 0 saturated carbocycles. The van der Waals surface area contributed by atoms with Crippen LogP contribution in [0.25, 0.3) is 0 Å². The highest BCUT2D eigenvalue weighted by atomic mass is 16.4. The van der Waals surface area contributed by atoms with Gasteiger partial charge in [0.25, 0.3) is 0 Å². The lowest BCUT2D eigenvalue weighted by molar-refractivity contribution is -0.137. The summed E-state index contributed by atoms with van der Waals surface area (Å²) >= 11 is 0. The zero-order valence-corrected chi connectivity index (χ0v) is 7.05. The second-order valence-corrected chi connectivity index (χ2v) is 2.90. The molecule has 1 atom stereocenters. The van der Waals surface area contributed by atoms with E-state index in [4.69, 9.17) is 5.11 Å². The number of carboxylic acids is 1. The van der Waals surface area contributed by atoms with E-state index >= 15 is 0 Å². The maximum Gasteiger partial charge on any atom is 0.303 e. The summed E-state index contributed by atoms with van der Waals surface area (Å²) in [5.74, 6) is -0.195. The van der Waals surface area contributed by atoms with Crippen molar-refractivity contribution in [1.29, 1.82) is 0 Å². The van der Waals surface area contributed by atoms with Crippen LogP contribution in [0.1, 0.15) is 32.6 Å². The van der Waals surface area contributed by atoms with Crippen LogP contribution in [0.4, 0.5) is 0 Å². The zero-order valence-electron chi connectivity index (χ0n) is 7.05. The molecule has 0 bridgehead atoms. The molecule has 0 saturated heterocycles. The van der Waals surface area contributed by atoms with Crippen LogP contribution in [0.5, 0.6) is 0 Å². The van der Waals surface area contributed by atoms with E-state index in [1.54, 1.807) is 0 Å². The Hall–Kier alpha value is -0.790. The van der Waals surface area contributed by atoms with Crippen LogP contribution >= 0.6 is 0 Å². The van der Waals surface area contributed by atoms with Gasteiger partial charge in [-0.15, -0.1) is 6.58 Å².